The van der Waals surface area contributed by atoms with Crippen LogP contribution in [-0.2, 0) is 16.0 Å². The maximum absolute atomic E-state index is 12.8. The average molecular weight is 450 g/mol. The summed E-state index contributed by atoms with van der Waals surface area (Å²) >= 11 is 0. The summed E-state index contributed by atoms with van der Waals surface area (Å²) in [6, 6.07) is 27.1. The molecule has 0 fully saturated rings. The summed E-state index contributed by atoms with van der Waals surface area (Å²) in [5.41, 5.74) is 6.59. The molecular weight excluding hydrogens is 426 g/mol. The van der Waals surface area contributed by atoms with Gasteiger partial charge in [0.15, 0.2) is 0 Å². The predicted molar refractivity (Wildman–Crippen MR) is 130 cm³/mol. The van der Waals surface area contributed by atoms with Crippen LogP contribution < -0.4 is 5.32 Å². The molecule has 0 spiro atoms. The first-order valence-electron chi connectivity index (χ1n) is 11.5. The van der Waals surface area contributed by atoms with Crippen LogP contribution in [0.25, 0.3) is 21.9 Å². The van der Waals surface area contributed by atoms with Crippen LogP contribution in [-0.4, -0.2) is 29.8 Å². The Morgan fingerprint density at radius 3 is 2.15 bits per heavy atom. The highest BCUT2D eigenvalue weighted by molar-refractivity contribution is 5.93. The molecule has 168 valence electrons. The average Bonchev–Trinajstić information content (AvgIpc) is 3.39. The number of carboxylic acids is 1. The van der Waals surface area contributed by atoms with Crippen LogP contribution in [0.4, 0.5) is 4.79 Å². The Morgan fingerprint density at radius 1 is 0.853 bits per heavy atom. The summed E-state index contributed by atoms with van der Waals surface area (Å²) in [5, 5.41) is 14.8. The number of amides is 1. The standard InChI is InChI=1S/C29H23NO4/c31-28(32)27(24-15-18-9-5-7-17-8-6-14-23(24)26(17)18)30-29(33)34-16-25-21-12-3-1-10-19(21)20-11-2-4-13-22(20)25/h1-14,24-25,27H,15-16H2,(H,30,33)(H,31,32)/t24?,27-/m0/s1. The van der Waals surface area contributed by atoms with Gasteiger partial charge in [0.25, 0.3) is 0 Å². The minimum Gasteiger partial charge on any atom is -0.480 e. The van der Waals surface area contributed by atoms with Gasteiger partial charge in [-0.3, -0.25) is 0 Å². The van der Waals surface area contributed by atoms with Crippen molar-refractivity contribution in [3.8, 4) is 11.1 Å². The smallest absolute Gasteiger partial charge is 0.407 e. The van der Waals surface area contributed by atoms with E-state index < -0.39 is 18.1 Å². The topological polar surface area (TPSA) is 75.6 Å². The number of carbonyl (C=O) groups excluding carboxylic acids is 1. The van der Waals surface area contributed by atoms with E-state index in [0.29, 0.717) is 6.42 Å². The summed E-state index contributed by atoms with van der Waals surface area (Å²) in [5.74, 6) is -1.49. The first kappa shape index (κ1) is 20.5. The van der Waals surface area contributed by atoms with E-state index in [4.69, 9.17) is 4.74 Å². The molecule has 1 amide bonds. The van der Waals surface area contributed by atoms with Crippen LogP contribution in [0.15, 0.2) is 84.9 Å². The third-order valence-electron chi connectivity index (χ3n) is 7.15. The number of fused-ring (bicyclic) bond motifs is 3. The summed E-state index contributed by atoms with van der Waals surface area (Å²) in [6.07, 6.45) is -0.144. The SMILES string of the molecule is O=C(N[C@H](C(=O)O)C1Cc2cccc3cccc1c23)OCC1c2ccccc2-c2ccccc21. The first-order chi connectivity index (χ1) is 16.6. The molecule has 2 atom stereocenters. The third-order valence-corrected chi connectivity index (χ3v) is 7.15. The molecular formula is C29H23NO4. The molecule has 0 saturated heterocycles. The second-order valence-corrected chi connectivity index (χ2v) is 8.96. The Labute approximate surface area is 197 Å². The molecule has 2 aliphatic carbocycles. The lowest BCUT2D eigenvalue weighted by atomic mass is 9.92. The van der Waals surface area contributed by atoms with E-state index in [1.54, 1.807) is 0 Å². The molecule has 5 heteroatoms. The number of carbonyl (C=O) groups is 2. The van der Waals surface area contributed by atoms with Crippen molar-refractivity contribution in [1.82, 2.24) is 5.32 Å². The molecule has 0 radical (unpaired) electrons. The number of nitrogens with one attached hydrogen (secondary N) is 1. The molecule has 2 aliphatic rings. The molecule has 4 aromatic rings. The van der Waals surface area contributed by atoms with Gasteiger partial charge in [0.05, 0.1) is 0 Å². The maximum atomic E-state index is 12.8. The van der Waals surface area contributed by atoms with Crippen LogP contribution in [0, 0.1) is 0 Å². The van der Waals surface area contributed by atoms with Crippen molar-refractivity contribution in [2.75, 3.05) is 6.61 Å². The largest absolute Gasteiger partial charge is 0.480 e. The Morgan fingerprint density at radius 2 is 1.47 bits per heavy atom. The molecule has 0 bridgehead atoms. The molecule has 2 N–H and O–H groups in total. The summed E-state index contributed by atoms with van der Waals surface area (Å²) < 4.78 is 5.62. The number of carboxylic acid groups (broad SMARTS) is 1. The molecule has 0 aliphatic heterocycles. The number of aliphatic carboxylic acids is 1. The van der Waals surface area contributed by atoms with E-state index in [1.165, 1.54) is 0 Å². The van der Waals surface area contributed by atoms with Crippen LogP contribution in [0.3, 0.4) is 0 Å². The maximum Gasteiger partial charge on any atom is 0.407 e. The van der Waals surface area contributed by atoms with E-state index in [-0.39, 0.29) is 18.4 Å². The Hall–Kier alpha value is -4.12. The van der Waals surface area contributed by atoms with Gasteiger partial charge in [0.1, 0.15) is 12.6 Å². The van der Waals surface area contributed by atoms with Crippen molar-refractivity contribution in [3.63, 3.8) is 0 Å². The lowest BCUT2D eigenvalue weighted by molar-refractivity contribution is -0.140. The summed E-state index contributed by atoms with van der Waals surface area (Å²) in [4.78, 5) is 25.0. The number of alkyl carbamates (subject to hydrolysis) is 1. The number of rotatable bonds is 5. The number of hydrogen-bond donors (Lipinski definition) is 2. The third kappa shape index (κ3) is 3.24. The summed E-state index contributed by atoms with van der Waals surface area (Å²) in [7, 11) is 0. The minimum absolute atomic E-state index is 0.0779. The molecule has 1 unspecified atom stereocenters. The second-order valence-electron chi connectivity index (χ2n) is 8.96. The Kier molecular flexibility index (Phi) is 4.84. The number of benzene rings is 4. The molecule has 0 saturated carbocycles. The van der Waals surface area contributed by atoms with Gasteiger partial charge >= 0.3 is 12.1 Å². The first-order valence-corrected chi connectivity index (χ1v) is 11.5. The molecule has 0 aromatic heterocycles. The van der Waals surface area contributed by atoms with Crippen molar-refractivity contribution in [3.05, 3.63) is 107 Å². The van der Waals surface area contributed by atoms with E-state index >= 15 is 0 Å². The normalized spacial score (nSPS) is 16.6. The number of ether oxygens (including phenoxy) is 1. The van der Waals surface area contributed by atoms with Gasteiger partial charge in [0.2, 0.25) is 0 Å². The van der Waals surface area contributed by atoms with Crippen molar-refractivity contribution in [2.24, 2.45) is 0 Å². The zero-order valence-electron chi connectivity index (χ0n) is 18.4. The second kappa shape index (κ2) is 8.03. The molecule has 34 heavy (non-hydrogen) atoms. The fourth-order valence-corrected chi connectivity index (χ4v) is 5.67. The molecule has 6 rings (SSSR count). The zero-order valence-corrected chi connectivity index (χ0v) is 18.4. The minimum atomic E-state index is -1.08. The van der Waals surface area contributed by atoms with Crippen molar-refractivity contribution in [2.45, 2.75) is 24.3 Å². The predicted octanol–water partition coefficient (Wildman–Crippen LogP) is 5.47. The van der Waals surface area contributed by atoms with Gasteiger partial charge in [-0.15, -0.1) is 0 Å². The van der Waals surface area contributed by atoms with Gasteiger partial charge in [0, 0.05) is 11.8 Å². The molecule has 4 aromatic carbocycles. The summed E-state index contributed by atoms with van der Waals surface area (Å²) in [6.45, 7) is 0.146. The quantitative estimate of drug-likeness (QED) is 0.424. The number of hydrogen-bond acceptors (Lipinski definition) is 3. The highest BCUT2D eigenvalue weighted by Gasteiger charge is 2.37. The Bertz CT molecular complexity index is 1390. The van der Waals surface area contributed by atoms with Crippen LogP contribution in [0.2, 0.25) is 0 Å². The van der Waals surface area contributed by atoms with E-state index in [9.17, 15) is 14.7 Å². The highest BCUT2D eigenvalue weighted by Crippen LogP contribution is 2.44. The van der Waals surface area contributed by atoms with Gasteiger partial charge in [-0.2, -0.15) is 0 Å². The van der Waals surface area contributed by atoms with Crippen LogP contribution in [0.5, 0.6) is 0 Å². The zero-order chi connectivity index (χ0) is 23.2. The lowest BCUT2D eigenvalue weighted by Gasteiger charge is -2.22. The van der Waals surface area contributed by atoms with Gasteiger partial charge < -0.3 is 15.2 Å². The Balaban J connectivity index is 1.21. The van der Waals surface area contributed by atoms with Crippen molar-refractivity contribution in [1.29, 1.82) is 0 Å². The van der Waals surface area contributed by atoms with Crippen LogP contribution in [0.1, 0.15) is 34.1 Å². The van der Waals surface area contributed by atoms with Gasteiger partial charge in [-0.1, -0.05) is 84.9 Å². The van der Waals surface area contributed by atoms with E-state index in [0.717, 1.165) is 44.2 Å². The highest BCUT2D eigenvalue weighted by atomic mass is 16.5. The fraction of sp³-hybridized carbons (Fsp3) is 0.172. The van der Waals surface area contributed by atoms with E-state index in [2.05, 4.69) is 29.6 Å². The van der Waals surface area contributed by atoms with Crippen LogP contribution >= 0.6 is 0 Å². The fourth-order valence-electron chi connectivity index (χ4n) is 5.67. The molecule has 5 nitrogen and oxygen atoms in total. The molecule has 0 heterocycles. The monoisotopic (exact) mass is 449 g/mol. The van der Waals surface area contributed by atoms with Gasteiger partial charge in [-0.25, -0.2) is 9.59 Å². The van der Waals surface area contributed by atoms with Crippen molar-refractivity contribution >= 4 is 22.8 Å². The van der Waals surface area contributed by atoms with Crippen molar-refractivity contribution < 1.29 is 19.4 Å². The lowest BCUT2D eigenvalue weighted by Crippen LogP contribution is -2.45. The van der Waals surface area contributed by atoms with Gasteiger partial charge in [-0.05, 0) is 50.6 Å². The van der Waals surface area contributed by atoms with E-state index in [1.807, 2.05) is 60.7 Å².